The van der Waals surface area contributed by atoms with Crippen molar-refractivity contribution in [2.24, 2.45) is 0 Å². The second kappa shape index (κ2) is 4.15. The summed E-state index contributed by atoms with van der Waals surface area (Å²) in [6, 6.07) is 7.88. The number of hydrogen-bond donors (Lipinski definition) is 1. The first-order valence-electron chi connectivity index (χ1n) is 5.49. The second-order valence-electron chi connectivity index (χ2n) is 4.56. The maximum Gasteiger partial charge on any atom is 0.136 e. The zero-order valence-electron chi connectivity index (χ0n) is 9.71. The summed E-state index contributed by atoms with van der Waals surface area (Å²) in [5.74, 6) is 0.642. The zero-order valence-corrected chi connectivity index (χ0v) is 9.71. The minimum Gasteiger partial charge on any atom is -0.495 e. The van der Waals surface area contributed by atoms with Crippen molar-refractivity contribution in [3.63, 3.8) is 0 Å². The summed E-state index contributed by atoms with van der Waals surface area (Å²) in [6.45, 7) is 3.04. The number of ether oxygens (including phenoxy) is 1. The van der Waals surface area contributed by atoms with Crippen LogP contribution in [0.2, 0.25) is 0 Å². The Hall–Kier alpha value is -1.53. The summed E-state index contributed by atoms with van der Waals surface area (Å²) in [5, 5.41) is 12.5. The molecule has 0 amide bonds. The Morgan fingerprint density at radius 1 is 1.50 bits per heavy atom. The molecule has 0 radical (unpaired) electrons. The molecule has 0 atom stereocenters. The van der Waals surface area contributed by atoms with Gasteiger partial charge in [-0.1, -0.05) is 6.07 Å². The monoisotopic (exact) mass is 216 g/mol. The summed E-state index contributed by atoms with van der Waals surface area (Å²) >= 11 is 0. The van der Waals surface area contributed by atoms with E-state index in [2.05, 4.69) is 18.3 Å². The Labute approximate surface area is 96.0 Å². The third-order valence-corrected chi connectivity index (χ3v) is 3.10. The summed E-state index contributed by atoms with van der Waals surface area (Å²) in [4.78, 5) is 0. The van der Waals surface area contributed by atoms with Crippen molar-refractivity contribution in [3.8, 4) is 11.8 Å². The van der Waals surface area contributed by atoms with Gasteiger partial charge in [-0.2, -0.15) is 5.26 Å². The molecule has 3 nitrogen and oxygen atoms in total. The first-order chi connectivity index (χ1) is 7.67. The molecule has 0 saturated heterocycles. The van der Waals surface area contributed by atoms with Crippen molar-refractivity contribution in [1.82, 2.24) is 5.32 Å². The number of hydrogen-bond acceptors (Lipinski definition) is 3. The van der Waals surface area contributed by atoms with E-state index < -0.39 is 0 Å². The molecule has 1 aliphatic rings. The molecule has 3 heteroatoms. The molecule has 1 aromatic carbocycles. The van der Waals surface area contributed by atoms with E-state index in [0.29, 0.717) is 16.9 Å². The number of benzene rings is 1. The SMILES string of the molecule is COc1ccc(CNC2(C)CC2)cc1C#N. The quantitative estimate of drug-likeness (QED) is 0.839. The summed E-state index contributed by atoms with van der Waals surface area (Å²) in [7, 11) is 1.58. The van der Waals surface area contributed by atoms with Gasteiger partial charge in [-0.15, -0.1) is 0 Å². The van der Waals surface area contributed by atoms with Crippen LogP contribution in [0.3, 0.4) is 0 Å². The van der Waals surface area contributed by atoms with Gasteiger partial charge >= 0.3 is 0 Å². The molecule has 0 spiro atoms. The normalized spacial score (nSPS) is 16.6. The third-order valence-electron chi connectivity index (χ3n) is 3.10. The van der Waals surface area contributed by atoms with Crippen LogP contribution < -0.4 is 10.1 Å². The van der Waals surface area contributed by atoms with Gasteiger partial charge in [0, 0.05) is 12.1 Å². The number of nitrogens with zero attached hydrogens (tertiary/aromatic N) is 1. The molecule has 0 aliphatic heterocycles. The van der Waals surface area contributed by atoms with Crippen molar-refractivity contribution in [2.75, 3.05) is 7.11 Å². The van der Waals surface area contributed by atoms with Gasteiger partial charge in [0.05, 0.1) is 12.7 Å². The smallest absolute Gasteiger partial charge is 0.136 e. The molecule has 0 unspecified atom stereocenters. The van der Waals surface area contributed by atoms with Gasteiger partial charge in [-0.05, 0) is 37.5 Å². The summed E-state index contributed by atoms with van der Waals surface area (Å²) < 4.78 is 5.11. The van der Waals surface area contributed by atoms with Gasteiger partial charge in [0.2, 0.25) is 0 Å². The van der Waals surface area contributed by atoms with Crippen molar-refractivity contribution in [1.29, 1.82) is 5.26 Å². The average Bonchev–Trinajstić information content (AvgIpc) is 3.05. The van der Waals surface area contributed by atoms with Gasteiger partial charge < -0.3 is 10.1 Å². The number of methoxy groups -OCH3 is 1. The summed E-state index contributed by atoms with van der Waals surface area (Å²) in [5.41, 5.74) is 2.06. The first kappa shape index (κ1) is 11.0. The van der Waals surface area contributed by atoms with E-state index in [1.54, 1.807) is 7.11 Å². The van der Waals surface area contributed by atoms with Crippen LogP contribution in [0.5, 0.6) is 5.75 Å². The fourth-order valence-electron chi connectivity index (χ4n) is 1.63. The Morgan fingerprint density at radius 3 is 2.81 bits per heavy atom. The van der Waals surface area contributed by atoms with Gasteiger partial charge in [0.15, 0.2) is 0 Å². The van der Waals surface area contributed by atoms with E-state index in [1.165, 1.54) is 12.8 Å². The highest BCUT2D eigenvalue weighted by molar-refractivity contribution is 5.45. The molecule has 0 aromatic heterocycles. The van der Waals surface area contributed by atoms with Crippen LogP contribution in [0, 0.1) is 11.3 Å². The van der Waals surface area contributed by atoms with E-state index in [4.69, 9.17) is 10.00 Å². The Morgan fingerprint density at radius 2 is 2.25 bits per heavy atom. The lowest BCUT2D eigenvalue weighted by molar-refractivity contribution is 0.413. The molecule has 16 heavy (non-hydrogen) atoms. The first-order valence-corrected chi connectivity index (χ1v) is 5.49. The van der Waals surface area contributed by atoms with Crippen molar-refractivity contribution in [3.05, 3.63) is 29.3 Å². The van der Waals surface area contributed by atoms with Gasteiger partial charge in [-0.3, -0.25) is 0 Å². The molecule has 84 valence electrons. The lowest BCUT2D eigenvalue weighted by Gasteiger charge is -2.12. The van der Waals surface area contributed by atoms with E-state index in [0.717, 1.165) is 12.1 Å². The molecule has 1 aromatic rings. The maximum atomic E-state index is 8.96. The van der Waals surface area contributed by atoms with Crippen LogP contribution in [0.4, 0.5) is 0 Å². The molecule has 1 fully saturated rings. The lowest BCUT2D eigenvalue weighted by Crippen LogP contribution is -2.26. The van der Waals surface area contributed by atoms with Crippen LogP contribution in [-0.4, -0.2) is 12.6 Å². The zero-order chi connectivity index (χ0) is 11.6. The third kappa shape index (κ3) is 2.34. The predicted molar refractivity (Wildman–Crippen MR) is 62.2 cm³/mol. The highest BCUT2D eigenvalue weighted by Crippen LogP contribution is 2.34. The van der Waals surface area contributed by atoms with Crippen LogP contribution in [-0.2, 0) is 6.54 Å². The van der Waals surface area contributed by atoms with E-state index in [-0.39, 0.29) is 0 Å². The molecule has 0 heterocycles. The molecule has 1 N–H and O–H groups in total. The van der Waals surface area contributed by atoms with Crippen molar-refractivity contribution >= 4 is 0 Å². The largest absolute Gasteiger partial charge is 0.495 e. The minimum absolute atomic E-state index is 0.326. The maximum absolute atomic E-state index is 8.96. The molecule has 0 bridgehead atoms. The minimum atomic E-state index is 0.326. The molecule has 2 rings (SSSR count). The highest BCUT2D eigenvalue weighted by atomic mass is 16.5. The predicted octanol–water partition coefficient (Wildman–Crippen LogP) is 2.21. The highest BCUT2D eigenvalue weighted by Gasteiger charge is 2.36. The second-order valence-corrected chi connectivity index (χ2v) is 4.56. The number of nitrogens with one attached hydrogen (secondary N) is 1. The summed E-state index contributed by atoms with van der Waals surface area (Å²) in [6.07, 6.45) is 2.49. The van der Waals surface area contributed by atoms with E-state index in [1.807, 2.05) is 18.2 Å². The van der Waals surface area contributed by atoms with E-state index >= 15 is 0 Å². The Kier molecular flexibility index (Phi) is 2.84. The van der Waals surface area contributed by atoms with Gasteiger partial charge in [-0.25, -0.2) is 0 Å². The molecule has 1 aliphatic carbocycles. The fourth-order valence-corrected chi connectivity index (χ4v) is 1.63. The Bertz CT molecular complexity index is 430. The topological polar surface area (TPSA) is 45.0 Å². The number of rotatable bonds is 4. The van der Waals surface area contributed by atoms with Crippen molar-refractivity contribution in [2.45, 2.75) is 31.8 Å². The van der Waals surface area contributed by atoms with Gasteiger partial charge in [0.25, 0.3) is 0 Å². The molecular formula is C13H16N2O. The van der Waals surface area contributed by atoms with Crippen LogP contribution in [0.15, 0.2) is 18.2 Å². The van der Waals surface area contributed by atoms with Crippen molar-refractivity contribution < 1.29 is 4.74 Å². The van der Waals surface area contributed by atoms with Crippen LogP contribution in [0.1, 0.15) is 30.9 Å². The fraction of sp³-hybridized carbons (Fsp3) is 0.462. The standard InChI is InChI=1S/C13H16N2O/c1-13(5-6-13)15-9-10-3-4-12(16-2)11(7-10)8-14/h3-4,7,15H,5-6,9H2,1-2H3. The molecular weight excluding hydrogens is 200 g/mol. The number of nitriles is 1. The van der Waals surface area contributed by atoms with Gasteiger partial charge in [0.1, 0.15) is 11.8 Å². The molecule has 1 saturated carbocycles. The lowest BCUT2D eigenvalue weighted by atomic mass is 10.1. The Balaban J connectivity index is 2.07. The average molecular weight is 216 g/mol. The van der Waals surface area contributed by atoms with E-state index in [9.17, 15) is 0 Å². The van der Waals surface area contributed by atoms with Crippen LogP contribution in [0.25, 0.3) is 0 Å². The van der Waals surface area contributed by atoms with Crippen LogP contribution >= 0.6 is 0 Å².